The maximum absolute atomic E-state index is 12.2. The van der Waals surface area contributed by atoms with Gasteiger partial charge in [0.1, 0.15) is 5.84 Å². The van der Waals surface area contributed by atoms with Crippen molar-refractivity contribution in [3.8, 4) is 0 Å². The number of benzene rings is 1. The highest BCUT2D eigenvalue weighted by atomic mass is 16.5. The van der Waals surface area contributed by atoms with Crippen LogP contribution in [0.2, 0.25) is 0 Å². The molecule has 210 valence electrons. The Balaban J connectivity index is 0.000000403. The average Bonchev–Trinajstić information content (AvgIpc) is 3.27. The van der Waals surface area contributed by atoms with Crippen LogP contribution >= 0.6 is 0 Å². The van der Waals surface area contributed by atoms with Gasteiger partial charge in [0.25, 0.3) is 5.91 Å². The van der Waals surface area contributed by atoms with Gasteiger partial charge >= 0.3 is 5.97 Å². The zero-order valence-electron chi connectivity index (χ0n) is 23.5. The number of fused-ring (bicyclic) bond motifs is 1. The van der Waals surface area contributed by atoms with Crippen molar-refractivity contribution in [1.29, 1.82) is 0 Å². The van der Waals surface area contributed by atoms with E-state index in [0.29, 0.717) is 38.4 Å². The van der Waals surface area contributed by atoms with Crippen molar-refractivity contribution in [2.75, 3.05) is 25.6 Å². The van der Waals surface area contributed by atoms with E-state index in [2.05, 4.69) is 10.3 Å². The van der Waals surface area contributed by atoms with Gasteiger partial charge in [-0.1, -0.05) is 26.0 Å². The van der Waals surface area contributed by atoms with Crippen molar-refractivity contribution >= 4 is 29.8 Å². The largest absolute Gasteiger partial charge is 0.469 e. The molecule has 2 aliphatic rings. The molecule has 1 aromatic rings. The second-order valence-electron chi connectivity index (χ2n) is 9.17. The number of rotatable bonds is 8. The zero-order chi connectivity index (χ0) is 28.9. The van der Waals surface area contributed by atoms with E-state index in [-0.39, 0.29) is 11.9 Å². The topological polar surface area (TPSA) is 144 Å². The molecule has 3 rings (SSSR count). The number of hydrogen-bond acceptors (Lipinski definition) is 8. The normalized spacial score (nSPS) is 17.8. The number of carbonyl (C=O) groups is 3. The van der Waals surface area contributed by atoms with Crippen molar-refractivity contribution in [3.05, 3.63) is 53.3 Å². The monoisotopic (exact) mass is 530 g/mol. The number of amidine groups is 1. The highest BCUT2D eigenvalue weighted by Crippen LogP contribution is 2.23. The summed E-state index contributed by atoms with van der Waals surface area (Å²) < 4.78 is 10.1. The van der Waals surface area contributed by atoms with Gasteiger partial charge in [-0.15, -0.1) is 0 Å². The third kappa shape index (κ3) is 9.11. The minimum absolute atomic E-state index is 0.233. The number of ether oxygens (including phenoxy) is 2. The van der Waals surface area contributed by atoms with Crippen LogP contribution in [0.15, 0.2) is 47.1 Å². The number of morpholine rings is 1. The highest BCUT2D eigenvalue weighted by Gasteiger charge is 2.33. The summed E-state index contributed by atoms with van der Waals surface area (Å²) in [5.74, 6) is 0.0851. The molecule has 2 aliphatic heterocycles. The minimum Gasteiger partial charge on any atom is -0.469 e. The third-order valence-electron chi connectivity index (χ3n) is 5.85. The number of aliphatic hydroxyl groups is 1. The first-order chi connectivity index (χ1) is 18.0. The van der Waals surface area contributed by atoms with Crippen molar-refractivity contribution in [2.45, 2.75) is 66.7 Å². The first-order valence-electron chi connectivity index (χ1n) is 12.7. The predicted molar refractivity (Wildman–Crippen MR) is 148 cm³/mol. The Morgan fingerprint density at radius 2 is 2.08 bits per heavy atom. The van der Waals surface area contributed by atoms with Crippen LogP contribution in [-0.2, 0) is 30.4 Å². The van der Waals surface area contributed by atoms with E-state index >= 15 is 0 Å². The number of aliphatic imine (C=N–C) groups is 1. The third-order valence-corrected chi connectivity index (χ3v) is 5.85. The van der Waals surface area contributed by atoms with E-state index in [1.807, 2.05) is 65.0 Å². The molecule has 0 radical (unpaired) electrons. The van der Waals surface area contributed by atoms with Crippen molar-refractivity contribution in [3.63, 3.8) is 0 Å². The van der Waals surface area contributed by atoms with Crippen LogP contribution in [0.3, 0.4) is 0 Å². The Hall–Kier alpha value is -3.50. The molecule has 0 bridgehead atoms. The molecule has 1 aromatic carbocycles. The van der Waals surface area contributed by atoms with Crippen LogP contribution in [-0.4, -0.2) is 66.6 Å². The number of carbonyl (C=O) groups excluding carboxylic acids is 3. The van der Waals surface area contributed by atoms with Crippen LogP contribution in [0.4, 0.5) is 5.69 Å². The number of amides is 2. The molecule has 2 amide bonds. The zero-order valence-corrected chi connectivity index (χ0v) is 23.5. The lowest BCUT2D eigenvalue weighted by molar-refractivity contribution is -0.158. The van der Waals surface area contributed by atoms with Crippen LogP contribution in [0, 0.1) is 5.41 Å². The molecule has 0 aromatic heterocycles. The van der Waals surface area contributed by atoms with E-state index in [9.17, 15) is 19.5 Å². The number of anilines is 1. The summed E-state index contributed by atoms with van der Waals surface area (Å²) in [7, 11) is 1.38. The van der Waals surface area contributed by atoms with Gasteiger partial charge in [0.15, 0.2) is 6.10 Å². The fourth-order valence-electron chi connectivity index (χ4n) is 3.71. The van der Waals surface area contributed by atoms with Crippen molar-refractivity contribution in [2.24, 2.45) is 16.1 Å². The van der Waals surface area contributed by atoms with E-state index in [0.717, 1.165) is 22.5 Å². The first kappa shape index (κ1) is 32.5. The lowest BCUT2D eigenvalue weighted by Crippen LogP contribution is -2.50. The summed E-state index contributed by atoms with van der Waals surface area (Å²) in [6.07, 6.45) is 5.05. The minimum atomic E-state index is -0.838. The Bertz CT molecular complexity index is 1050. The maximum atomic E-state index is 12.2. The van der Waals surface area contributed by atoms with Gasteiger partial charge < -0.3 is 30.5 Å². The highest BCUT2D eigenvalue weighted by molar-refractivity contribution is 6.01. The average molecular weight is 531 g/mol. The molecular formula is C28H42N4O6. The van der Waals surface area contributed by atoms with Crippen LogP contribution in [0.1, 0.15) is 59.1 Å². The van der Waals surface area contributed by atoms with Gasteiger partial charge in [0.2, 0.25) is 6.41 Å². The molecule has 2 heterocycles. The number of methoxy groups -OCH3 is 1. The number of allylic oxidation sites excluding steroid dienone is 4. The Morgan fingerprint density at radius 3 is 2.68 bits per heavy atom. The summed E-state index contributed by atoms with van der Waals surface area (Å²) in [5, 5.41) is 12.2. The lowest BCUT2D eigenvalue weighted by Gasteiger charge is -2.34. The number of hydrogen-bond donors (Lipinski definition) is 3. The molecule has 0 saturated carbocycles. The van der Waals surface area contributed by atoms with Gasteiger partial charge in [-0.05, 0) is 64.0 Å². The molecule has 0 aliphatic carbocycles. The van der Waals surface area contributed by atoms with Gasteiger partial charge in [0.05, 0.1) is 31.8 Å². The molecule has 1 fully saturated rings. The second-order valence-corrected chi connectivity index (χ2v) is 9.17. The molecule has 10 heteroatoms. The van der Waals surface area contributed by atoms with Crippen LogP contribution < -0.4 is 11.1 Å². The number of nitrogens with zero attached hydrogens (tertiary/aromatic N) is 2. The maximum Gasteiger partial charge on any atom is 0.311 e. The van der Waals surface area contributed by atoms with Crippen molar-refractivity contribution < 1.29 is 29.0 Å². The summed E-state index contributed by atoms with van der Waals surface area (Å²) in [4.78, 5) is 39.7. The molecule has 2 atom stereocenters. The van der Waals surface area contributed by atoms with Crippen molar-refractivity contribution in [1.82, 2.24) is 4.90 Å². The molecule has 0 spiro atoms. The van der Waals surface area contributed by atoms with E-state index in [1.165, 1.54) is 7.11 Å². The smallest absolute Gasteiger partial charge is 0.311 e. The summed E-state index contributed by atoms with van der Waals surface area (Å²) in [5.41, 5.74) is 8.63. The number of aliphatic hydroxyl groups excluding tert-OH is 1. The molecule has 1 saturated heterocycles. The SMILES string of the molecule is CC.COC(=O)C(C)(C)C/C=C\C=C(/C)N1CCO[C@H]([C@H](C)O)C1=O.NC1=NCc2cc(NC=O)ccc21. The van der Waals surface area contributed by atoms with Crippen LogP contribution in [0.5, 0.6) is 0 Å². The van der Waals surface area contributed by atoms with Crippen LogP contribution in [0.25, 0.3) is 0 Å². The summed E-state index contributed by atoms with van der Waals surface area (Å²) in [6.45, 7) is 12.5. The first-order valence-corrected chi connectivity index (χ1v) is 12.7. The molecule has 4 N–H and O–H groups in total. The molecule has 10 nitrogen and oxygen atoms in total. The predicted octanol–water partition coefficient (Wildman–Crippen LogP) is 3.14. The van der Waals surface area contributed by atoms with Gasteiger partial charge in [-0.3, -0.25) is 19.4 Å². The van der Waals surface area contributed by atoms with Gasteiger partial charge in [-0.2, -0.15) is 0 Å². The Morgan fingerprint density at radius 1 is 1.39 bits per heavy atom. The number of nitrogens with two attached hydrogens (primary N) is 1. The van der Waals surface area contributed by atoms with Gasteiger partial charge in [-0.25, -0.2) is 0 Å². The fourth-order valence-corrected chi connectivity index (χ4v) is 3.71. The Kier molecular flexibility index (Phi) is 13.4. The number of esters is 1. The van der Waals surface area contributed by atoms with E-state index in [4.69, 9.17) is 15.2 Å². The molecule has 38 heavy (non-hydrogen) atoms. The standard InChI is InChI=1S/C17H27NO5.C9H9N3O.C2H6/c1-12(8-6-7-9-17(3,4)16(21)22-5)18-10-11-23-14(13(2)19)15(18)20;10-9-8-2-1-7(12-5-13)3-6(8)4-11-9;1-2/h6-8,13-14,19H,9-11H2,1-5H3;1-3,5H,4H2,(H2,10,11)(H,12,13);1-2H3/b7-6-,12-8+;;/t13-,14+;;/m0../s1. The van der Waals surface area contributed by atoms with Gasteiger partial charge in [0, 0.05) is 23.5 Å². The van der Waals surface area contributed by atoms with E-state index in [1.54, 1.807) is 17.9 Å². The number of nitrogens with one attached hydrogen (secondary N) is 1. The quantitative estimate of drug-likeness (QED) is 0.266. The van der Waals surface area contributed by atoms with E-state index < -0.39 is 17.6 Å². The summed E-state index contributed by atoms with van der Waals surface area (Å²) >= 11 is 0. The lowest BCUT2D eigenvalue weighted by atomic mass is 9.89. The fraction of sp³-hybridized carbons (Fsp3) is 0.500. The second kappa shape index (κ2) is 15.7. The molecular weight excluding hydrogens is 488 g/mol. The summed E-state index contributed by atoms with van der Waals surface area (Å²) in [6, 6.07) is 5.56. The Labute approximate surface area is 225 Å². The molecule has 0 unspecified atom stereocenters.